The predicted molar refractivity (Wildman–Crippen MR) is 98.9 cm³/mol. The maximum absolute atomic E-state index is 9.70. The van der Waals surface area contributed by atoms with Crippen molar-refractivity contribution in [3.63, 3.8) is 0 Å². The van der Waals surface area contributed by atoms with Crippen molar-refractivity contribution in [2.75, 3.05) is 12.8 Å². The van der Waals surface area contributed by atoms with E-state index in [1.165, 1.54) is 12.8 Å². The van der Waals surface area contributed by atoms with Gasteiger partial charge in [0, 0.05) is 21.3 Å². The number of hydrogen-bond acceptors (Lipinski definition) is 4. The molecule has 0 saturated heterocycles. The molecule has 1 aliphatic carbocycles. The molecule has 0 unspecified atom stereocenters. The summed E-state index contributed by atoms with van der Waals surface area (Å²) in [7, 11) is 1.65. The highest BCUT2D eigenvalue weighted by Crippen LogP contribution is 2.40. The number of methoxy groups -OCH3 is 1. The summed E-state index contributed by atoms with van der Waals surface area (Å²) in [5.74, 6) is 1.05. The van der Waals surface area contributed by atoms with Crippen LogP contribution in [-0.2, 0) is 12.8 Å². The van der Waals surface area contributed by atoms with Crippen LogP contribution in [0.1, 0.15) is 42.5 Å². The number of ether oxygens (including phenoxy) is 1. The lowest BCUT2D eigenvalue weighted by Gasteiger charge is -2.21. The third kappa shape index (κ3) is 3.11. The zero-order chi connectivity index (χ0) is 17.1. The highest BCUT2D eigenvalue weighted by molar-refractivity contribution is 9.10. The van der Waals surface area contributed by atoms with Gasteiger partial charge in [-0.05, 0) is 49.4 Å². The number of hydrogen-bond donors (Lipinski definition) is 1. The van der Waals surface area contributed by atoms with Crippen LogP contribution in [0.25, 0.3) is 11.1 Å². The smallest absolute Gasteiger partial charge is 0.142 e. The third-order valence-electron chi connectivity index (χ3n) is 4.54. The minimum absolute atomic E-state index is 0.314. The molecule has 0 bridgehead atoms. The molecule has 1 aliphatic rings. The van der Waals surface area contributed by atoms with Gasteiger partial charge in [0.2, 0.25) is 0 Å². The maximum atomic E-state index is 9.70. The van der Waals surface area contributed by atoms with Crippen LogP contribution in [0.3, 0.4) is 0 Å². The summed E-state index contributed by atoms with van der Waals surface area (Å²) in [6.07, 6.45) is 6.47. The summed E-state index contributed by atoms with van der Waals surface area (Å²) in [4.78, 5) is 4.55. The van der Waals surface area contributed by atoms with Crippen molar-refractivity contribution in [2.24, 2.45) is 0 Å². The van der Waals surface area contributed by atoms with Crippen LogP contribution in [0.4, 0.5) is 5.82 Å². The second-order valence-electron chi connectivity index (χ2n) is 6.04. The SMILES string of the molecule is COc1ccc(Br)cc1-c1c(C#N)c(N)nc2c1CCCCCC2. The van der Waals surface area contributed by atoms with Crippen molar-refractivity contribution < 1.29 is 4.74 Å². The molecule has 0 fully saturated rings. The Hall–Kier alpha value is -2.06. The van der Waals surface area contributed by atoms with E-state index >= 15 is 0 Å². The van der Waals surface area contributed by atoms with E-state index in [1.807, 2.05) is 18.2 Å². The molecule has 2 N–H and O–H groups in total. The Morgan fingerprint density at radius 1 is 1.21 bits per heavy atom. The molecular formula is C19H20BrN3O. The molecule has 24 heavy (non-hydrogen) atoms. The molecule has 0 amide bonds. The summed E-state index contributed by atoms with van der Waals surface area (Å²) in [6, 6.07) is 8.10. The Morgan fingerprint density at radius 3 is 2.67 bits per heavy atom. The minimum Gasteiger partial charge on any atom is -0.496 e. The van der Waals surface area contributed by atoms with E-state index in [0.717, 1.165) is 58.3 Å². The van der Waals surface area contributed by atoms with E-state index in [0.29, 0.717) is 11.4 Å². The Labute approximate surface area is 150 Å². The number of aromatic nitrogens is 1. The number of aryl methyl sites for hydroxylation is 1. The minimum atomic E-state index is 0.314. The Kier molecular flexibility index (Phi) is 5.06. The first-order valence-electron chi connectivity index (χ1n) is 8.21. The van der Waals surface area contributed by atoms with Gasteiger partial charge in [-0.15, -0.1) is 0 Å². The van der Waals surface area contributed by atoms with Crippen molar-refractivity contribution in [3.05, 3.63) is 39.5 Å². The van der Waals surface area contributed by atoms with Crippen LogP contribution in [0.15, 0.2) is 22.7 Å². The number of nitrogens with zero attached hydrogens (tertiary/aromatic N) is 2. The quantitative estimate of drug-likeness (QED) is 0.817. The molecule has 5 heteroatoms. The van der Waals surface area contributed by atoms with Gasteiger partial charge in [0.25, 0.3) is 0 Å². The molecule has 3 rings (SSSR count). The largest absolute Gasteiger partial charge is 0.496 e. The van der Waals surface area contributed by atoms with Crippen molar-refractivity contribution in [1.29, 1.82) is 5.26 Å². The molecule has 0 saturated carbocycles. The van der Waals surface area contributed by atoms with Crippen LogP contribution in [0.5, 0.6) is 5.75 Å². The topological polar surface area (TPSA) is 71.9 Å². The first-order valence-corrected chi connectivity index (χ1v) is 9.00. The zero-order valence-electron chi connectivity index (χ0n) is 13.7. The number of fused-ring (bicyclic) bond motifs is 1. The summed E-state index contributed by atoms with van der Waals surface area (Å²) < 4.78 is 6.49. The Balaban J connectivity index is 2.33. The number of pyridine rings is 1. The second kappa shape index (κ2) is 7.23. The molecular weight excluding hydrogens is 366 g/mol. The molecule has 4 nitrogen and oxygen atoms in total. The first kappa shape index (κ1) is 16.8. The van der Waals surface area contributed by atoms with Gasteiger partial charge >= 0.3 is 0 Å². The van der Waals surface area contributed by atoms with E-state index in [1.54, 1.807) is 7.11 Å². The number of nitrogens with two attached hydrogens (primary N) is 1. The average Bonchev–Trinajstić information content (AvgIpc) is 2.55. The molecule has 0 aliphatic heterocycles. The zero-order valence-corrected chi connectivity index (χ0v) is 15.3. The molecule has 0 radical (unpaired) electrons. The summed E-state index contributed by atoms with van der Waals surface area (Å²) in [5, 5.41) is 9.70. The number of nitriles is 1. The summed E-state index contributed by atoms with van der Waals surface area (Å²) in [6.45, 7) is 0. The number of benzene rings is 1. The van der Waals surface area contributed by atoms with Gasteiger partial charge < -0.3 is 10.5 Å². The fraction of sp³-hybridized carbons (Fsp3) is 0.368. The summed E-state index contributed by atoms with van der Waals surface area (Å²) >= 11 is 3.53. The van der Waals surface area contributed by atoms with Crippen molar-refractivity contribution in [3.8, 4) is 22.9 Å². The van der Waals surface area contributed by atoms with Gasteiger partial charge in [-0.3, -0.25) is 0 Å². The number of halogens is 1. The van der Waals surface area contributed by atoms with Crippen LogP contribution < -0.4 is 10.5 Å². The average molecular weight is 386 g/mol. The van der Waals surface area contributed by atoms with Gasteiger partial charge in [0.15, 0.2) is 0 Å². The lowest BCUT2D eigenvalue weighted by molar-refractivity contribution is 0.416. The maximum Gasteiger partial charge on any atom is 0.142 e. The van der Waals surface area contributed by atoms with Crippen LogP contribution in [0, 0.1) is 11.3 Å². The molecule has 0 atom stereocenters. The van der Waals surface area contributed by atoms with Gasteiger partial charge in [-0.1, -0.05) is 28.8 Å². The van der Waals surface area contributed by atoms with Crippen molar-refractivity contribution in [2.45, 2.75) is 38.5 Å². The van der Waals surface area contributed by atoms with E-state index < -0.39 is 0 Å². The van der Waals surface area contributed by atoms with Crippen LogP contribution in [-0.4, -0.2) is 12.1 Å². The van der Waals surface area contributed by atoms with E-state index in [4.69, 9.17) is 10.5 Å². The normalized spacial score (nSPS) is 14.2. The van der Waals surface area contributed by atoms with Crippen molar-refractivity contribution in [1.82, 2.24) is 4.98 Å². The third-order valence-corrected chi connectivity index (χ3v) is 5.04. The Morgan fingerprint density at radius 2 is 1.96 bits per heavy atom. The standard InChI is InChI=1S/C19H20BrN3O/c1-24-17-9-8-12(20)10-14(17)18-13-6-4-2-3-5-7-16(13)23-19(22)15(18)11-21/h8-10H,2-7H2,1H3,(H2,22,23). The second-order valence-corrected chi connectivity index (χ2v) is 6.96. The number of nitrogen functional groups attached to an aromatic ring is 1. The predicted octanol–water partition coefficient (Wildman–Crippen LogP) is 4.63. The van der Waals surface area contributed by atoms with Gasteiger partial charge in [0.05, 0.1) is 7.11 Å². The molecule has 124 valence electrons. The number of rotatable bonds is 2. The highest BCUT2D eigenvalue weighted by atomic mass is 79.9. The highest BCUT2D eigenvalue weighted by Gasteiger charge is 2.23. The van der Waals surface area contributed by atoms with E-state index in [9.17, 15) is 5.26 Å². The number of anilines is 1. The fourth-order valence-electron chi connectivity index (χ4n) is 3.40. The van der Waals surface area contributed by atoms with Gasteiger partial charge in [-0.2, -0.15) is 5.26 Å². The fourth-order valence-corrected chi connectivity index (χ4v) is 3.76. The molecule has 1 aromatic carbocycles. The molecule has 1 heterocycles. The lowest BCUT2D eigenvalue weighted by Crippen LogP contribution is -2.10. The van der Waals surface area contributed by atoms with E-state index in [2.05, 4.69) is 27.0 Å². The van der Waals surface area contributed by atoms with Crippen LogP contribution in [0.2, 0.25) is 0 Å². The van der Waals surface area contributed by atoms with Gasteiger partial charge in [0.1, 0.15) is 23.2 Å². The van der Waals surface area contributed by atoms with Gasteiger partial charge in [-0.25, -0.2) is 4.98 Å². The molecule has 1 aromatic heterocycles. The van der Waals surface area contributed by atoms with Crippen LogP contribution >= 0.6 is 15.9 Å². The first-order chi connectivity index (χ1) is 11.7. The monoisotopic (exact) mass is 385 g/mol. The molecule has 0 spiro atoms. The van der Waals surface area contributed by atoms with E-state index in [-0.39, 0.29) is 0 Å². The molecule has 2 aromatic rings. The lowest BCUT2D eigenvalue weighted by atomic mass is 9.87. The summed E-state index contributed by atoms with van der Waals surface area (Å²) in [5.41, 5.74) is 10.5. The van der Waals surface area contributed by atoms with Crippen molar-refractivity contribution >= 4 is 21.7 Å². The Bertz CT molecular complexity index is 811.